The topological polar surface area (TPSA) is 68.3 Å². The van der Waals surface area contributed by atoms with Crippen LogP contribution in [-0.4, -0.2) is 24.0 Å². The maximum atomic E-state index is 12.3. The van der Waals surface area contributed by atoms with Gasteiger partial charge in [0, 0.05) is 5.69 Å². The average Bonchev–Trinajstić information content (AvgIpc) is 2.55. The summed E-state index contributed by atoms with van der Waals surface area (Å²) >= 11 is 23.4. The molecule has 0 fully saturated rings. The van der Waals surface area contributed by atoms with Crippen molar-refractivity contribution in [3.63, 3.8) is 0 Å². The highest BCUT2D eigenvalue weighted by molar-refractivity contribution is 6.52. The van der Waals surface area contributed by atoms with Crippen LogP contribution in [0.3, 0.4) is 0 Å². The third kappa shape index (κ3) is 3.87. The number of amides is 1. The first-order chi connectivity index (χ1) is 10.8. The van der Waals surface area contributed by atoms with Crippen LogP contribution in [-0.2, 0) is 4.74 Å². The number of aromatic nitrogens is 1. The van der Waals surface area contributed by atoms with Crippen molar-refractivity contribution >= 4 is 64.0 Å². The van der Waals surface area contributed by atoms with Gasteiger partial charge in [-0.2, -0.15) is 0 Å². The molecule has 2 rings (SSSR count). The lowest BCUT2D eigenvalue weighted by atomic mass is 10.2. The minimum absolute atomic E-state index is 0.0393. The number of ether oxygens (including phenoxy) is 1. The van der Waals surface area contributed by atoms with Crippen LogP contribution in [0.5, 0.6) is 0 Å². The molecule has 0 saturated carbocycles. The fourth-order valence-electron chi connectivity index (χ4n) is 1.67. The van der Waals surface area contributed by atoms with Crippen molar-refractivity contribution in [2.45, 2.75) is 0 Å². The second kappa shape index (κ2) is 7.36. The molecule has 9 heteroatoms. The van der Waals surface area contributed by atoms with Crippen LogP contribution in [0.25, 0.3) is 0 Å². The minimum Gasteiger partial charge on any atom is -0.465 e. The Bertz CT molecular complexity index is 796. The Morgan fingerprint density at radius 1 is 1.09 bits per heavy atom. The molecule has 1 aromatic carbocycles. The number of rotatable bonds is 3. The number of methoxy groups -OCH3 is 1. The van der Waals surface area contributed by atoms with Crippen molar-refractivity contribution in [2.75, 3.05) is 12.4 Å². The van der Waals surface area contributed by atoms with Crippen LogP contribution >= 0.6 is 46.4 Å². The lowest BCUT2D eigenvalue weighted by Gasteiger charge is -2.09. The summed E-state index contributed by atoms with van der Waals surface area (Å²) in [6.45, 7) is 0. The smallest absolute Gasteiger partial charge is 0.337 e. The quantitative estimate of drug-likeness (QED) is 0.604. The third-order valence-corrected chi connectivity index (χ3v) is 4.42. The zero-order chi connectivity index (χ0) is 17.1. The molecule has 0 aliphatic heterocycles. The molecular weight excluding hydrogens is 386 g/mol. The summed E-state index contributed by atoms with van der Waals surface area (Å²) in [5.41, 5.74) is 0.434. The first-order valence-corrected chi connectivity index (χ1v) is 7.56. The van der Waals surface area contributed by atoms with Crippen molar-refractivity contribution in [1.29, 1.82) is 0 Å². The van der Waals surface area contributed by atoms with E-state index in [-0.39, 0.29) is 31.5 Å². The Morgan fingerprint density at radius 3 is 2.43 bits per heavy atom. The number of carbonyl (C=O) groups is 2. The Kier molecular flexibility index (Phi) is 5.70. The van der Waals surface area contributed by atoms with Gasteiger partial charge in [0.05, 0.1) is 27.7 Å². The van der Waals surface area contributed by atoms with Crippen molar-refractivity contribution in [3.05, 3.63) is 55.7 Å². The standard InChI is InChI=1S/C14H8Cl4N2O3/c1-23-14(22)6-3-2-4-7(5-6)19-13(21)11-9(16)8(15)10(17)12(18)20-11/h2-5H,1H3,(H,19,21). The molecule has 0 spiro atoms. The van der Waals surface area contributed by atoms with E-state index in [0.717, 1.165) is 0 Å². The van der Waals surface area contributed by atoms with Gasteiger partial charge in [-0.25, -0.2) is 9.78 Å². The van der Waals surface area contributed by atoms with Gasteiger partial charge >= 0.3 is 5.97 Å². The number of esters is 1. The van der Waals surface area contributed by atoms with Gasteiger partial charge in [0.1, 0.15) is 10.8 Å². The van der Waals surface area contributed by atoms with Gasteiger partial charge in [0.2, 0.25) is 0 Å². The van der Waals surface area contributed by atoms with Gasteiger partial charge in [-0.05, 0) is 18.2 Å². The molecule has 23 heavy (non-hydrogen) atoms. The Morgan fingerprint density at radius 2 is 1.78 bits per heavy atom. The molecule has 0 atom stereocenters. The van der Waals surface area contributed by atoms with Crippen LogP contribution in [0, 0.1) is 0 Å². The summed E-state index contributed by atoms with van der Waals surface area (Å²) in [4.78, 5) is 27.6. The predicted molar refractivity (Wildman–Crippen MR) is 90.0 cm³/mol. The van der Waals surface area contributed by atoms with Crippen molar-refractivity contribution in [3.8, 4) is 0 Å². The van der Waals surface area contributed by atoms with Gasteiger partial charge in [-0.15, -0.1) is 0 Å². The first kappa shape index (κ1) is 17.8. The maximum Gasteiger partial charge on any atom is 0.337 e. The molecule has 0 aliphatic rings. The van der Waals surface area contributed by atoms with E-state index in [0.29, 0.717) is 5.69 Å². The second-order valence-electron chi connectivity index (χ2n) is 4.22. The summed E-state index contributed by atoms with van der Waals surface area (Å²) in [6.07, 6.45) is 0. The SMILES string of the molecule is COC(=O)c1cccc(NC(=O)c2nc(Cl)c(Cl)c(Cl)c2Cl)c1. The predicted octanol–water partition coefficient (Wildman–Crippen LogP) is 4.73. The number of benzene rings is 1. The summed E-state index contributed by atoms with van der Waals surface area (Å²) in [5, 5.41) is 2.16. The van der Waals surface area contributed by atoms with Crippen LogP contribution in [0.4, 0.5) is 5.69 Å². The highest BCUT2D eigenvalue weighted by Crippen LogP contribution is 2.36. The lowest BCUT2D eigenvalue weighted by molar-refractivity contribution is 0.0600. The Hall–Kier alpha value is -1.53. The van der Waals surface area contributed by atoms with Gasteiger partial charge in [0.25, 0.3) is 5.91 Å². The zero-order valence-electron chi connectivity index (χ0n) is 11.5. The van der Waals surface area contributed by atoms with Crippen molar-refractivity contribution in [1.82, 2.24) is 4.98 Å². The van der Waals surface area contributed by atoms with Crippen molar-refractivity contribution < 1.29 is 14.3 Å². The third-order valence-electron chi connectivity index (χ3n) is 2.74. The highest BCUT2D eigenvalue weighted by Gasteiger charge is 2.20. The number of halogens is 4. The molecule has 5 nitrogen and oxygen atoms in total. The van der Waals surface area contributed by atoms with E-state index in [4.69, 9.17) is 46.4 Å². The molecule has 0 bridgehead atoms. The lowest BCUT2D eigenvalue weighted by Crippen LogP contribution is -2.15. The fourth-order valence-corrected chi connectivity index (χ4v) is 2.48. The van der Waals surface area contributed by atoms with E-state index in [9.17, 15) is 9.59 Å². The van der Waals surface area contributed by atoms with Crippen LogP contribution in [0.1, 0.15) is 20.8 Å². The summed E-state index contributed by atoms with van der Waals surface area (Å²) in [5.74, 6) is -1.19. The number of nitrogens with one attached hydrogen (secondary N) is 1. The molecule has 0 radical (unpaired) electrons. The molecule has 1 aromatic heterocycles. The molecule has 1 N–H and O–H groups in total. The summed E-state index contributed by atoms with van der Waals surface area (Å²) in [6, 6.07) is 6.15. The highest BCUT2D eigenvalue weighted by atomic mass is 35.5. The zero-order valence-corrected chi connectivity index (χ0v) is 14.5. The Balaban J connectivity index is 2.32. The van der Waals surface area contributed by atoms with Gasteiger partial charge in [-0.3, -0.25) is 4.79 Å². The van der Waals surface area contributed by atoms with E-state index >= 15 is 0 Å². The number of nitrogens with zero attached hydrogens (tertiary/aromatic N) is 1. The number of pyridine rings is 1. The van der Waals surface area contributed by atoms with Gasteiger partial charge < -0.3 is 10.1 Å². The van der Waals surface area contributed by atoms with Gasteiger partial charge in [-0.1, -0.05) is 52.5 Å². The normalized spacial score (nSPS) is 10.3. The van der Waals surface area contributed by atoms with Crippen molar-refractivity contribution in [2.24, 2.45) is 0 Å². The first-order valence-electron chi connectivity index (χ1n) is 6.05. The Labute approximate surface area is 151 Å². The fraction of sp³-hybridized carbons (Fsp3) is 0.0714. The molecule has 0 aliphatic carbocycles. The minimum atomic E-state index is -0.655. The number of hydrogen-bond acceptors (Lipinski definition) is 4. The number of anilines is 1. The molecule has 0 saturated heterocycles. The maximum absolute atomic E-state index is 12.3. The van der Waals surface area contributed by atoms with E-state index in [2.05, 4.69) is 15.0 Å². The molecule has 2 aromatic rings. The monoisotopic (exact) mass is 392 g/mol. The van der Waals surface area contributed by atoms with E-state index < -0.39 is 11.9 Å². The summed E-state index contributed by atoms with van der Waals surface area (Å²) < 4.78 is 4.61. The number of hydrogen-bond donors (Lipinski definition) is 1. The molecule has 120 valence electrons. The van der Waals surface area contributed by atoms with Crippen LogP contribution in [0.2, 0.25) is 20.2 Å². The number of carbonyl (C=O) groups excluding carboxylic acids is 2. The van der Waals surface area contributed by atoms with E-state index in [1.165, 1.54) is 13.2 Å². The van der Waals surface area contributed by atoms with E-state index in [1.807, 2.05) is 0 Å². The van der Waals surface area contributed by atoms with Crippen LogP contribution in [0.15, 0.2) is 24.3 Å². The molecule has 1 heterocycles. The molecule has 0 unspecified atom stereocenters. The second-order valence-corrected chi connectivity index (χ2v) is 5.71. The summed E-state index contributed by atoms with van der Waals surface area (Å²) in [7, 11) is 1.26. The average molecular weight is 394 g/mol. The van der Waals surface area contributed by atoms with Crippen LogP contribution < -0.4 is 5.32 Å². The van der Waals surface area contributed by atoms with E-state index in [1.54, 1.807) is 18.2 Å². The molecule has 1 amide bonds. The van der Waals surface area contributed by atoms with Gasteiger partial charge in [0.15, 0.2) is 0 Å². The largest absolute Gasteiger partial charge is 0.465 e. The molecular formula is C14H8Cl4N2O3.